The minimum absolute atomic E-state index is 0.0929. The van der Waals surface area contributed by atoms with Crippen molar-refractivity contribution in [2.75, 3.05) is 6.54 Å². The molecule has 0 atom stereocenters. The molecule has 102 valence electrons. The number of hydrogen-bond acceptors (Lipinski definition) is 4. The van der Waals surface area contributed by atoms with E-state index >= 15 is 0 Å². The zero-order valence-corrected chi connectivity index (χ0v) is 10.6. The molecule has 0 saturated carbocycles. The van der Waals surface area contributed by atoms with Crippen molar-refractivity contribution >= 4 is 18.1 Å². The first kappa shape index (κ1) is 14.7. The van der Waals surface area contributed by atoms with Gasteiger partial charge in [0, 0.05) is 12.1 Å². The number of carboxylic acid groups (broad SMARTS) is 1. The predicted octanol–water partition coefficient (Wildman–Crippen LogP) is -0.223. The first-order valence-electron chi connectivity index (χ1n) is 5.63. The first-order valence-corrected chi connectivity index (χ1v) is 5.63. The molecule has 7 nitrogen and oxygen atoms in total. The van der Waals surface area contributed by atoms with Crippen LogP contribution in [0.15, 0.2) is 28.4 Å². The van der Waals surface area contributed by atoms with Crippen molar-refractivity contribution in [2.45, 2.75) is 13.5 Å². The third-order valence-electron chi connectivity index (χ3n) is 2.27. The second-order valence-electron chi connectivity index (χ2n) is 3.95. The fraction of sp³-hybridized carbons (Fsp3) is 0.250. The Labute approximate surface area is 111 Å². The maximum Gasteiger partial charge on any atom is 0.317 e. The maximum atomic E-state index is 10.4. The van der Waals surface area contributed by atoms with Crippen LogP contribution in [0.2, 0.25) is 0 Å². The molecule has 0 aliphatic carbocycles. The van der Waals surface area contributed by atoms with Gasteiger partial charge in [0.2, 0.25) is 0 Å². The van der Waals surface area contributed by atoms with E-state index < -0.39 is 5.97 Å². The summed E-state index contributed by atoms with van der Waals surface area (Å²) in [5, 5.41) is 18.6. The van der Waals surface area contributed by atoms with Gasteiger partial charge >= 0.3 is 5.97 Å². The molecule has 0 fully saturated rings. The van der Waals surface area contributed by atoms with E-state index in [-0.39, 0.29) is 12.4 Å². The molecule has 0 amide bonds. The van der Waals surface area contributed by atoms with Crippen molar-refractivity contribution in [1.82, 2.24) is 5.32 Å². The lowest BCUT2D eigenvalue weighted by Gasteiger charge is -2.07. The van der Waals surface area contributed by atoms with E-state index in [2.05, 4.69) is 15.5 Å². The van der Waals surface area contributed by atoms with E-state index in [1.165, 1.54) is 0 Å². The molecule has 0 heterocycles. The van der Waals surface area contributed by atoms with Gasteiger partial charge in [0.15, 0.2) is 5.84 Å². The van der Waals surface area contributed by atoms with Gasteiger partial charge in [0.25, 0.3) is 0 Å². The molecular formula is C12H17N5O2. The van der Waals surface area contributed by atoms with E-state index in [0.717, 1.165) is 23.0 Å². The molecule has 19 heavy (non-hydrogen) atoms. The van der Waals surface area contributed by atoms with Crippen LogP contribution >= 0.6 is 0 Å². The topological polar surface area (TPSA) is 126 Å². The fourth-order valence-electron chi connectivity index (χ4n) is 1.58. The summed E-state index contributed by atoms with van der Waals surface area (Å²) in [4.78, 5) is 10.4. The quantitative estimate of drug-likeness (QED) is 0.320. The van der Waals surface area contributed by atoms with Crippen molar-refractivity contribution < 1.29 is 9.90 Å². The summed E-state index contributed by atoms with van der Waals surface area (Å²) in [5.74, 6) is -0.642. The molecule has 0 saturated heterocycles. The van der Waals surface area contributed by atoms with Crippen LogP contribution in [0.25, 0.3) is 0 Å². The van der Waals surface area contributed by atoms with Gasteiger partial charge in [0.1, 0.15) is 6.34 Å². The van der Waals surface area contributed by atoms with Crippen LogP contribution in [0.5, 0.6) is 0 Å². The Morgan fingerprint density at radius 3 is 2.84 bits per heavy atom. The monoisotopic (exact) mass is 263 g/mol. The summed E-state index contributed by atoms with van der Waals surface area (Å²) >= 11 is 0. The summed E-state index contributed by atoms with van der Waals surface area (Å²) in [6.07, 6.45) is 1.05. The van der Waals surface area contributed by atoms with E-state index in [0.29, 0.717) is 6.54 Å². The molecule has 0 radical (unpaired) electrons. The zero-order chi connectivity index (χ0) is 14.3. The van der Waals surface area contributed by atoms with Gasteiger partial charge in [-0.15, -0.1) is 10.2 Å². The highest BCUT2D eigenvalue weighted by Gasteiger charge is 2.03. The predicted molar refractivity (Wildman–Crippen MR) is 73.9 cm³/mol. The Hall–Kier alpha value is -2.41. The Morgan fingerprint density at radius 1 is 1.47 bits per heavy atom. The standard InChI is InChI=1S/C12H17N5O2/c1-8-2-9(5-15-6-11(18)19)4-10(3-8)12(14)17-16-7-13/h2-4,7,15H,5-6H2,1H3,(H2,13,16)(H2,14,17)(H,18,19). The third-order valence-corrected chi connectivity index (χ3v) is 2.27. The van der Waals surface area contributed by atoms with Crippen molar-refractivity contribution in [3.05, 3.63) is 34.9 Å². The number of nitrogens with zero attached hydrogens (tertiary/aromatic N) is 2. The number of amidine groups is 1. The minimum atomic E-state index is -0.897. The molecule has 1 rings (SSSR count). The van der Waals surface area contributed by atoms with Gasteiger partial charge in [0.05, 0.1) is 6.54 Å². The first-order chi connectivity index (χ1) is 9.02. The highest BCUT2D eigenvalue weighted by atomic mass is 16.4. The number of hydrogen-bond donors (Lipinski definition) is 4. The lowest BCUT2D eigenvalue weighted by Crippen LogP contribution is -2.22. The molecule has 0 aromatic heterocycles. The molecule has 1 aromatic carbocycles. The van der Waals surface area contributed by atoms with Gasteiger partial charge in [-0.25, -0.2) is 0 Å². The highest BCUT2D eigenvalue weighted by Crippen LogP contribution is 2.09. The normalized spacial score (nSPS) is 11.9. The van der Waals surface area contributed by atoms with Crippen LogP contribution < -0.4 is 16.8 Å². The smallest absolute Gasteiger partial charge is 0.317 e. The molecule has 6 N–H and O–H groups in total. The SMILES string of the molecule is Cc1cc(CNCC(=O)O)cc(/C(N)=N/N=C\N)c1. The van der Waals surface area contributed by atoms with Crippen LogP contribution in [-0.2, 0) is 11.3 Å². The molecule has 1 aromatic rings. The number of carboxylic acids is 1. The van der Waals surface area contributed by atoms with Crippen LogP contribution in [0, 0.1) is 6.92 Å². The number of benzene rings is 1. The summed E-state index contributed by atoms with van der Waals surface area (Å²) in [6.45, 7) is 2.27. The van der Waals surface area contributed by atoms with E-state index in [9.17, 15) is 4.79 Å². The number of nitrogens with two attached hydrogens (primary N) is 2. The lowest BCUT2D eigenvalue weighted by molar-refractivity contribution is -0.135. The van der Waals surface area contributed by atoms with Crippen LogP contribution in [0.3, 0.4) is 0 Å². The van der Waals surface area contributed by atoms with Crippen molar-refractivity contribution in [1.29, 1.82) is 0 Å². The van der Waals surface area contributed by atoms with Gasteiger partial charge in [-0.05, 0) is 24.6 Å². The Bertz CT molecular complexity index is 511. The van der Waals surface area contributed by atoms with Gasteiger partial charge in [-0.2, -0.15) is 0 Å². The van der Waals surface area contributed by atoms with Crippen molar-refractivity contribution in [2.24, 2.45) is 21.7 Å². The summed E-state index contributed by atoms with van der Waals surface area (Å²) in [5.41, 5.74) is 13.5. The van der Waals surface area contributed by atoms with Gasteiger partial charge in [-0.3, -0.25) is 4.79 Å². The maximum absolute atomic E-state index is 10.4. The number of rotatable bonds is 6. The van der Waals surface area contributed by atoms with Crippen molar-refractivity contribution in [3.8, 4) is 0 Å². The molecular weight excluding hydrogens is 246 g/mol. The van der Waals surface area contributed by atoms with Crippen LogP contribution in [0.1, 0.15) is 16.7 Å². The average molecular weight is 263 g/mol. The Morgan fingerprint density at radius 2 is 2.21 bits per heavy atom. The highest BCUT2D eigenvalue weighted by molar-refractivity contribution is 5.97. The van der Waals surface area contributed by atoms with E-state index in [1.54, 1.807) is 0 Å². The fourth-order valence-corrected chi connectivity index (χ4v) is 1.58. The largest absolute Gasteiger partial charge is 0.480 e. The molecule has 7 heteroatoms. The number of aryl methyl sites for hydroxylation is 1. The van der Waals surface area contributed by atoms with E-state index in [1.807, 2.05) is 25.1 Å². The van der Waals surface area contributed by atoms with E-state index in [4.69, 9.17) is 16.6 Å². The van der Waals surface area contributed by atoms with Gasteiger partial charge in [-0.1, -0.05) is 11.6 Å². The Kier molecular flexibility index (Phi) is 5.49. The average Bonchev–Trinajstić information content (AvgIpc) is 2.34. The number of carbonyl (C=O) groups is 1. The number of aliphatic carboxylic acids is 1. The molecule has 0 unspecified atom stereocenters. The van der Waals surface area contributed by atoms with Crippen LogP contribution in [0.4, 0.5) is 0 Å². The minimum Gasteiger partial charge on any atom is -0.480 e. The zero-order valence-electron chi connectivity index (χ0n) is 10.6. The summed E-state index contributed by atoms with van der Waals surface area (Å²) in [6, 6.07) is 5.64. The van der Waals surface area contributed by atoms with Crippen LogP contribution in [-0.4, -0.2) is 29.8 Å². The summed E-state index contributed by atoms with van der Waals surface area (Å²) < 4.78 is 0. The van der Waals surface area contributed by atoms with Crippen molar-refractivity contribution in [3.63, 3.8) is 0 Å². The van der Waals surface area contributed by atoms with Gasteiger partial charge < -0.3 is 21.9 Å². The second kappa shape index (κ2) is 7.12. The second-order valence-corrected chi connectivity index (χ2v) is 3.95. The Balaban J connectivity index is 2.84. The molecule has 0 aliphatic heterocycles. The lowest BCUT2D eigenvalue weighted by atomic mass is 10.1. The summed E-state index contributed by atoms with van der Waals surface area (Å²) in [7, 11) is 0. The molecule has 0 bridgehead atoms. The molecule has 0 spiro atoms. The third kappa shape index (κ3) is 5.17. The molecule has 0 aliphatic rings. The number of nitrogens with one attached hydrogen (secondary N) is 1.